The van der Waals surface area contributed by atoms with Crippen molar-refractivity contribution < 1.29 is 79.7 Å². The summed E-state index contributed by atoms with van der Waals surface area (Å²) in [6, 6.07) is -2.83. The average molecular weight is 292 g/mol. The van der Waals surface area contributed by atoms with Crippen molar-refractivity contribution >= 4 is 5.97 Å². The number of halogens is 7. The van der Waals surface area contributed by atoms with Crippen LogP contribution < -0.4 is 34.7 Å². The van der Waals surface area contributed by atoms with Gasteiger partial charge in [-0.15, -0.1) is 0 Å². The van der Waals surface area contributed by atoms with Gasteiger partial charge in [-0.25, -0.2) is 0 Å². The van der Waals surface area contributed by atoms with Crippen LogP contribution in [0.15, 0.2) is 11.8 Å². The molecule has 0 aromatic rings. The molecule has 0 aromatic heterocycles. The Morgan fingerprint density at radius 2 is 1.56 bits per heavy atom. The number of hydrogen-bond acceptors (Lipinski definition) is 4. The Kier molecular flexibility index (Phi) is 4.60. The van der Waals surface area contributed by atoms with E-state index in [4.69, 9.17) is 0 Å². The SMILES string of the molecule is O=C([O-])C1(C(F)(F)F)OC(F)=C(C(F)(F)F)O1.[Na+]. The molecule has 1 aliphatic heterocycles. The van der Waals surface area contributed by atoms with Gasteiger partial charge in [0.1, 0.15) is 5.97 Å². The Labute approximate surface area is 116 Å². The number of aliphatic carboxylic acids is 1. The summed E-state index contributed by atoms with van der Waals surface area (Å²) in [6.07, 6.45) is -11.6. The molecule has 0 aromatic carbocycles. The third-order valence-corrected chi connectivity index (χ3v) is 1.56. The average Bonchev–Trinajstić information content (AvgIpc) is 2.41. The van der Waals surface area contributed by atoms with Gasteiger partial charge in [-0.3, -0.25) is 0 Å². The smallest absolute Gasteiger partial charge is 0.542 e. The first kappa shape index (κ1) is 17.3. The van der Waals surface area contributed by atoms with E-state index in [1.54, 1.807) is 0 Å². The molecule has 0 fully saturated rings. The summed E-state index contributed by atoms with van der Waals surface area (Å²) in [5.74, 6) is -10.9. The fourth-order valence-corrected chi connectivity index (χ4v) is 0.861. The monoisotopic (exact) mass is 292 g/mol. The van der Waals surface area contributed by atoms with Gasteiger partial charge in [0.2, 0.25) is 0 Å². The van der Waals surface area contributed by atoms with Crippen LogP contribution in [0.5, 0.6) is 0 Å². The Bertz CT molecular complexity index is 386. The maximum Gasteiger partial charge on any atom is 1.00 e. The molecule has 4 nitrogen and oxygen atoms in total. The topological polar surface area (TPSA) is 58.6 Å². The van der Waals surface area contributed by atoms with Crippen LogP contribution in [0.2, 0.25) is 0 Å². The van der Waals surface area contributed by atoms with Crippen LogP contribution in [-0.4, -0.2) is 24.1 Å². The van der Waals surface area contributed by atoms with Gasteiger partial charge >= 0.3 is 53.7 Å². The number of hydrogen-bond donors (Lipinski definition) is 0. The van der Waals surface area contributed by atoms with E-state index in [2.05, 4.69) is 9.47 Å². The molecule has 1 atom stereocenters. The van der Waals surface area contributed by atoms with E-state index >= 15 is 0 Å². The van der Waals surface area contributed by atoms with E-state index in [0.717, 1.165) is 0 Å². The van der Waals surface area contributed by atoms with Gasteiger partial charge in [0.05, 0.1) is 0 Å². The van der Waals surface area contributed by atoms with Gasteiger partial charge in [0.15, 0.2) is 0 Å². The third kappa shape index (κ3) is 2.67. The summed E-state index contributed by atoms with van der Waals surface area (Å²) >= 11 is 0. The van der Waals surface area contributed by atoms with Crippen molar-refractivity contribution in [3.8, 4) is 0 Å². The molecule has 0 N–H and O–H groups in total. The zero-order valence-corrected chi connectivity index (χ0v) is 10.3. The van der Waals surface area contributed by atoms with E-state index in [0.29, 0.717) is 0 Å². The predicted octanol–water partition coefficient (Wildman–Crippen LogP) is -2.25. The third-order valence-electron chi connectivity index (χ3n) is 1.56. The first-order chi connectivity index (χ1) is 7.42. The summed E-state index contributed by atoms with van der Waals surface area (Å²) in [7, 11) is 0. The van der Waals surface area contributed by atoms with Crippen molar-refractivity contribution in [1.29, 1.82) is 0 Å². The van der Waals surface area contributed by atoms with E-state index in [9.17, 15) is 40.6 Å². The maximum atomic E-state index is 12.5. The number of alkyl halides is 6. The van der Waals surface area contributed by atoms with Crippen LogP contribution in [0.1, 0.15) is 0 Å². The number of allylic oxidation sites excluding steroid dienone is 1. The minimum absolute atomic E-state index is 0. The molecule has 0 amide bonds. The Balaban J connectivity index is 0.00000289. The predicted molar refractivity (Wildman–Crippen MR) is 30.2 cm³/mol. The minimum Gasteiger partial charge on any atom is -0.542 e. The van der Waals surface area contributed by atoms with E-state index in [1.165, 1.54) is 0 Å². The van der Waals surface area contributed by atoms with Crippen molar-refractivity contribution in [3.63, 3.8) is 0 Å². The largest absolute Gasteiger partial charge is 1.00 e. The van der Waals surface area contributed by atoms with Gasteiger partial charge < -0.3 is 19.4 Å². The summed E-state index contributed by atoms with van der Waals surface area (Å²) < 4.78 is 90.8. The van der Waals surface area contributed by atoms with E-state index < -0.39 is 35.9 Å². The van der Waals surface area contributed by atoms with Crippen molar-refractivity contribution in [2.75, 3.05) is 0 Å². The second-order valence-corrected chi connectivity index (χ2v) is 2.71. The molecule has 0 spiro atoms. The summed E-state index contributed by atoms with van der Waals surface area (Å²) in [5.41, 5.74) is 0. The van der Waals surface area contributed by atoms with Crippen LogP contribution in [0.3, 0.4) is 0 Å². The number of carboxylic acid groups (broad SMARTS) is 1. The fourth-order valence-electron chi connectivity index (χ4n) is 0.861. The van der Waals surface area contributed by atoms with Crippen LogP contribution in [0, 0.1) is 0 Å². The number of carbonyl (C=O) groups excluding carboxylic acids is 1. The first-order valence-electron chi connectivity index (χ1n) is 3.55. The maximum absolute atomic E-state index is 12.5. The van der Waals surface area contributed by atoms with E-state index in [-0.39, 0.29) is 29.6 Å². The van der Waals surface area contributed by atoms with Gasteiger partial charge in [-0.05, 0) is 0 Å². The molecule has 0 radical (unpaired) electrons. The molecule has 0 aliphatic carbocycles. The molecule has 0 bridgehead atoms. The fraction of sp³-hybridized carbons (Fsp3) is 0.500. The van der Waals surface area contributed by atoms with Gasteiger partial charge in [0.25, 0.3) is 5.76 Å². The molecule has 1 heterocycles. The van der Waals surface area contributed by atoms with Crippen LogP contribution in [0.25, 0.3) is 0 Å². The van der Waals surface area contributed by atoms with Crippen molar-refractivity contribution in [2.24, 2.45) is 0 Å². The molecular weight excluding hydrogens is 292 g/mol. The second kappa shape index (κ2) is 4.78. The molecule has 1 aliphatic rings. The molecule has 18 heavy (non-hydrogen) atoms. The number of carbonyl (C=O) groups is 1. The van der Waals surface area contributed by atoms with Crippen LogP contribution in [0.4, 0.5) is 30.7 Å². The molecule has 0 saturated heterocycles. The molecule has 98 valence electrons. The normalized spacial score (nSPS) is 24.2. The van der Waals surface area contributed by atoms with E-state index in [1.807, 2.05) is 0 Å². The Morgan fingerprint density at radius 1 is 1.11 bits per heavy atom. The zero-order chi connectivity index (χ0) is 13.6. The van der Waals surface area contributed by atoms with Crippen molar-refractivity contribution in [3.05, 3.63) is 11.8 Å². The second-order valence-electron chi connectivity index (χ2n) is 2.71. The summed E-state index contributed by atoms with van der Waals surface area (Å²) in [6.45, 7) is 0. The minimum atomic E-state index is -5.96. The van der Waals surface area contributed by atoms with Gasteiger partial charge in [0, 0.05) is 0 Å². The summed E-state index contributed by atoms with van der Waals surface area (Å²) in [5, 5.41) is 10.1. The summed E-state index contributed by atoms with van der Waals surface area (Å²) in [4.78, 5) is 10.1. The Hall–Kier alpha value is -0.680. The molecule has 12 heteroatoms. The standard InChI is InChI=1S/C6HF7O4.Na/c7-2-1(5(8,9)10)16-4(17-2,3(14)15)6(11,12)13;/h(H,14,15);/q;+1/p-1. The molecule has 1 rings (SSSR count). The Morgan fingerprint density at radius 3 is 1.72 bits per heavy atom. The quantitative estimate of drug-likeness (QED) is 0.404. The van der Waals surface area contributed by atoms with Crippen LogP contribution >= 0.6 is 0 Å². The number of ether oxygens (including phenoxy) is 2. The van der Waals surface area contributed by atoms with Crippen LogP contribution in [-0.2, 0) is 14.3 Å². The van der Waals surface area contributed by atoms with Gasteiger partial charge in [-0.2, -0.15) is 30.7 Å². The number of carboxylic acids is 1. The molecule has 0 saturated carbocycles. The van der Waals surface area contributed by atoms with Crippen molar-refractivity contribution in [2.45, 2.75) is 18.1 Å². The first-order valence-corrected chi connectivity index (χ1v) is 3.55. The molecule has 1 unspecified atom stereocenters. The van der Waals surface area contributed by atoms with Gasteiger partial charge in [-0.1, -0.05) is 0 Å². The zero-order valence-electron chi connectivity index (χ0n) is 8.28. The van der Waals surface area contributed by atoms with Crippen molar-refractivity contribution in [1.82, 2.24) is 0 Å². The molecular formula is C6F7NaO4. The number of rotatable bonds is 1.